The van der Waals surface area contributed by atoms with E-state index in [4.69, 9.17) is 0 Å². The minimum atomic E-state index is -1.24. The molecular weight excluding hydrogens is 274 g/mol. The van der Waals surface area contributed by atoms with E-state index in [9.17, 15) is 19.5 Å². The Morgan fingerprint density at radius 1 is 1.43 bits per heavy atom. The summed E-state index contributed by atoms with van der Waals surface area (Å²) >= 11 is 0. The van der Waals surface area contributed by atoms with Gasteiger partial charge >= 0.3 is 5.97 Å². The molecule has 1 fully saturated rings. The van der Waals surface area contributed by atoms with Crippen LogP contribution in [0.4, 0.5) is 0 Å². The van der Waals surface area contributed by atoms with Crippen LogP contribution >= 0.6 is 0 Å². The Balaban J connectivity index is 2.13. The average molecular weight is 293 g/mol. The van der Waals surface area contributed by atoms with Gasteiger partial charge in [-0.05, 0) is 37.7 Å². The molecule has 0 aromatic carbocycles. The lowest BCUT2D eigenvalue weighted by atomic mass is 9.75. The number of amides is 1. The van der Waals surface area contributed by atoms with Crippen LogP contribution in [0.1, 0.15) is 49.5 Å². The SMILES string of the molecule is CCC1CCC(NC(=O)c2ccc(=O)[nH]n2)(C(=O)O)CC1. The van der Waals surface area contributed by atoms with Crippen molar-refractivity contribution >= 4 is 11.9 Å². The molecule has 1 amide bonds. The topological polar surface area (TPSA) is 112 Å². The zero-order valence-corrected chi connectivity index (χ0v) is 11.9. The summed E-state index contributed by atoms with van der Waals surface area (Å²) in [5.41, 5.74) is -1.64. The summed E-state index contributed by atoms with van der Waals surface area (Å²) in [4.78, 5) is 34.7. The van der Waals surface area contributed by atoms with Crippen molar-refractivity contribution in [3.63, 3.8) is 0 Å². The average Bonchev–Trinajstić information content (AvgIpc) is 2.48. The Labute approximate surface area is 121 Å². The molecule has 1 aliphatic rings. The highest BCUT2D eigenvalue weighted by atomic mass is 16.4. The van der Waals surface area contributed by atoms with E-state index < -0.39 is 23.0 Å². The van der Waals surface area contributed by atoms with Crippen molar-refractivity contribution in [1.82, 2.24) is 15.5 Å². The summed E-state index contributed by atoms with van der Waals surface area (Å²) in [7, 11) is 0. The second kappa shape index (κ2) is 6.07. The summed E-state index contributed by atoms with van der Waals surface area (Å²) in [6.45, 7) is 2.08. The Morgan fingerprint density at radius 3 is 2.57 bits per heavy atom. The van der Waals surface area contributed by atoms with E-state index in [1.54, 1.807) is 0 Å². The van der Waals surface area contributed by atoms with Gasteiger partial charge in [0.05, 0.1) is 0 Å². The second-order valence-corrected chi connectivity index (χ2v) is 5.50. The van der Waals surface area contributed by atoms with Crippen molar-refractivity contribution in [3.05, 3.63) is 28.2 Å². The van der Waals surface area contributed by atoms with Gasteiger partial charge < -0.3 is 10.4 Å². The third kappa shape index (κ3) is 3.29. The summed E-state index contributed by atoms with van der Waals surface area (Å²) in [6.07, 6.45) is 3.40. The molecule has 0 saturated heterocycles. The van der Waals surface area contributed by atoms with Crippen molar-refractivity contribution in [2.24, 2.45) is 5.92 Å². The third-order valence-electron chi connectivity index (χ3n) is 4.21. The maximum atomic E-state index is 12.1. The molecule has 7 heteroatoms. The van der Waals surface area contributed by atoms with Gasteiger partial charge in [-0.25, -0.2) is 9.89 Å². The maximum absolute atomic E-state index is 12.1. The Hall–Kier alpha value is -2.18. The number of aliphatic carboxylic acids is 1. The molecule has 2 rings (SSSR count). The molecule has 1 aromatic rings. The van der Waals surface area contributed by atoms with Gasteiger partial charge in [-0.1, -0.05) is 13.3 Å². The molecule has 21 heavy (non-hydrogen) atoms. The van der Waals surface area contributed by atoms with Gasteiger partial charge in [-0.15, -0.1) is 0 Å². The highest BCUT2D eigenvalue weighted by Crippen LogP contribution is 2.34. The number of nitrogens with one attached hydrogen (secondary N) is 2. The zero-order chi connectivity index (χ0) is 15.5. The predicted octanol–water partition coefficient (Wildman–Crippen LogP) is 0.923. The smallest absolute Gasteiger partial charge is 0.329 e. The molecule has 0 aliphatic heterocycles. The molecule has 0 unspecified atom stereocenters. The number of hydrogen-bond acceptors (Lipinski definition) is 4. The predicted molar refractivity (Wildman–Crippen MR) is 74.9 cm³/mol. The van der Waals surface area contributed by atoms with Gasteiger partial charge in [0.1, 0.15) is 11.2 Å². The van der Waals surface area contributed by atoms with Crippen molar-refractivity contribution in [2.75, 3.05) is 0 Å². The number of nitrogens with zero attached hydrogens (tertiary/aromatic N) is 1. The largest absolute Gasteiger partial charge is 0.480 e. The number of carbonyl (C=O) groups excluding carboxylic acids is 1. The number of H-pyrrole nitrogens is 1. The van der Waals surface area contributed by atoms with E-state index in [-0.39, 0.29) is 5.69 Å². The van der Waals surface area contributed by atoms with Crippen LogP contribution in [-0.4, -0.2) is 32.7 Å². The van der Waals surface area contributed by atoms with Crippen LogP contribution in [0, 0.1) is 5.92 Å². The molecule has 0 spiro atoms. The Morgan fingerprint density at radius 2 is 2.10 bits per heavy atom. The van der Waals surface area contributed by atoms with Crippen LogP contribution in [-0.2, 0) is 4.79 Å². The van der Waals surface area contributed by atoms with E-state index in [1.165, 1.54) is 12.1 Å². The van der Waals surface area contributed by atoms with E-state index >= 15 is 0 Å². The molecule has 7 nitrogen and oxygen atoms in total. The normalized spacial score (nSPS) is 25.3. The van der Waals surface area contributed by atoms with E-state index in [0.717, 1.165) is 19.3 Å². The van der Waals surface area contributed by atoms with Gasteiger partial charge in [-0.2, -0.15) is 5.10 Å². The summed E-state index contributed by atoms with van der Waals surface area (Å²) in [5, 5.41) is 17.9. The number of carboxylic acids is 1. The van der Waals surface area contributed by atoms with Crippen LogP contribution in [0.2, 0.25) is 0 Å². The molecule has 1 aromatic heterocycles. The van der Waals surface area contributed by atoms with E-state index in [2.05, 4.69) is 22.4 Å². The summed E-state index contributed by atoms with van der Waals surface area (Å²) in [5.74, 6) is -1.08. The van der Waals surface area contributed by atoms with Crippen molar-refractivity contribution < 1.29 is 14.7 Å². The van der Waals surface area contributed by atoms with Crippen LogP contribution < -0.4 is 10.9 Å². The van der Waals surface area contributed by atoms with Gasteiger partial charge in [0, 0.05) is 6.07 Å². The van der Waals surface area contributed by atoms with E-state index in [1.807, 2.05) is 0 Å². The molecule has 114 valence electrons. The fourth-order valence-corrected chi connectivity index (χ4v) is 2.72. The highest BCUT2D eigenvalue weighted by Gasteiger charge is 2.43. The first-order chi connectivity index (χ1) is 9.97. The number of rotatable bonds is 4. The summed E-state index contributed by atoms with van der Waals surface area (Å²) < 4.78 is 0. The first-order valence-electron chi connectivity index (χ1n) is 7.08. The maximum Gasteiger partial charge on any atom is 0.329 e. The van der Waals surface area contributed by atoms with Crippen molar-refractivity contribution in [1.29, 1.82) is 0 Å². The molecule has 1 heterocycles. The molecule has 0 radical (unpaired) electrons. The first-order valence-corrected chi connectivity index (χ1v) is 7.08. The minimum absolute atomic E-state index is 0.00726. The monoisotopic (exact) mass is 293 g/mol. The zero-order valence-electron chi connectivity index (χ0n) is 11.9. The van der Waals surface area contributed by atoms with Gasteiger partial charge in [0.15, 0.2) is 0 Å². The Bertz CT molecular complexity index is 568. The van der Waals surface area contributed by atoms with Crippen LogP contribution in [0.5, 0.6) is 0 Å². The fourth-order valence-electron chi connectivity index (χ4n) is 2.72. The molecular formula is C14H19N3O4. The van der Waals surface area contributed by atoms with Gasteiger partial charge in [0.2, 0.25) is 0 Å². The van der Waals surface area contributed by atoms with E-state index in [0.29, 0.717) is 18.8 Å². The molecule has 3 N–H and O–H groups in total. The second-order valence-electron chi connectivity index (χ2n) is 5.50. The lowest BCUT2D eigenvalue weighted by Gasteiger charge is -2.37. The molecule has 1 saturated carbocycles. The van der Waals surface area contributed by atoms with Gasteiger partial charge in [0.25, 0.3) is 11.5 Å². The number of carbonyl (C=O) groups is 2. The highest BCUT2D eigenvalue weighted by molar-refractivity contribution is 5.96. The van der Waals surface area contributed by atoms with Crippen LogP contribution in [0.15, 0.2) is 16.9 Å². The first kappa shape index (κ1) is 15.2. The number of hydrogen-bond donors (Lipinski definition) is 3. The Kier molecular flexibility index (Phi) is 4.40. The molecule has 0 atom stereocenters. The molecule has 0 bridgehead atoms. The lowest BCUT2D eigenvalue weighted by Crippen LogP contribution is -2.56. The quantitative estimate of drug-likeness (QED) is 0.764. The standard InChI is InChI=1S/C14H19N3O4/c1-2-9-5-7-14(8-6-9,13(20)21)15-12(19)10-3-4-11(18)17-16-10/h3-4,9H,2,5-8H2,1H3,(H,15,19)(H,17,18)(H,20,21). The third-order valence-corrected chi connectivity index (χ3v) is 4.21. The number of aromatic amines is 1. The summed E-state index contributed by atoms with van der Waals surface area (Å²) in [6, 6.07) is 2.46. The fraction of sp³-hybridized carbons (Fsp3) is 0.571. The van der Waals surface area contributed by atoms with Crippen LogP contribution in [0.3, 0.4) is 0 Å². The number of aromatic nitrogens is 2. The van der Waals surface area contributed by atoms with Gasteiger partial charge in [-0.3, -0.25) is 9.59 Å². The van der Waals surface area contributed by atoms with Crippen molar-refractivity contribution in [2.45, 2.75) is 44.6 Å². The lowest BCUT2D eigenvalue weighted by molar-refractivity contribution is -0.146. The van der Waals surface area contributed by atoms with Crippen molar-refractivity contribution in [3.8, 4) is 0 Å². The minimum Gasteiger partial charge on any atom is -0.480 e. The van der Waals surface area contributed by atoms with Crippen LogP contribution in [0.25, 0.3) is 0 Å². The molecule has 1 aliphatic carbocycles. The number of carboxylic acid groups (broad SMARTS) is 1.